The summed E-state index contributed by atoms with van der Waals surface area (Å²) in [5.74, 6) is 1.44. The first-order valence-electron chi connectivity index (χ1n) is 12.5. The van der Waals surface area contributed by atoms with E-state index in [2.05, 4.69) is 33.8 Å². The molecule has 0 atom stereocenters. The van der Waals surface area contributed by atoms with Crippen LogP contribution in [0.1, 0.15) is 17.8 Å². The molecule has 194 valence electrons. The second kappa shape index (κ2) is 9.99. The van der Waals surface area contributed by atoms with Gasteiger partial charge in [0.15, 0.2) is 11.5 Å². The Hall–Kier alpha value is -4.09. The number of thiazole rings is 1. The number of pyridine rings is 1. The predicted molar refractivity (Wildman–Crippen MR) is 150 cm³/mol. The number of nitrogens with one attached hydrogen (secondary N) is 1. The molecule has 0 aliphatic carbocycles. The van der Waals surface area contributed by atoms with Gasteiger partial charge in [0.05, 0.1) is 21.8 Å². The van der Waals surface area contributed by atoms with Gasteiger partial charge in [-0.3, -0.25) is 4.79 Å². The monoisotopic (exact) mass is 528 g/mol. The van der Waals surface area contributed by atoms with Crippen LogP contribution in [0.4, 0.5) is 11.6 Å². The summed E-state index contributed by atoms with van der Waals surface area (Å²) >= 11 is 1.63. The fourth-order valence-corrected chi connectivity index (χ4v) is 5.58. The van der Waals surface area contributed by atoms with E-state index in [-0.39, 0.29) is 11.7 Å². The number of allylic oxidation sites excluding steroid dienone is 1. The Balaban J connectivity index is 1.38. The Bertz CT molecular complexity index is 1700. The zero-order valence-corrected chi connectivity index (χ0v) is 22.1. The van der Waals surface area contributed by atoms with E-state index in [1.54, 1.807) is 33.0 Å². The van der Waals surface area contributed by atoms with Crippen molar-refractivity contribution in [3.05, 3.63) is 70.6 Å². The smallest absolute Gasteiger partial charge is 0.278 e. The van der Waals surface area contributed by atoms with Gasteiger partial charge in [-0.15, -0.1) is 17.9 Å². The van der Waals surface area contributed by atoms with Crippen molar-refractivity contribution in [3.8, 4) is 11.7 Å². The summed E-state index contributed by atoms with van der Waals surface area (Å²) in [4.78, 5) is 34.0. The average Bonchev–Trinajstić information content (AvgIpc) is 3.41. The Morgan fingerprint density at radius 2 is 2.03 bits per heavy atom. The van der Waals surface area contributed by atoms with Crippen LogP contribution in [0, 0.1) is 6.92 Å². The number of aryl methyl sites for hydroxylation is 1. The number of fused-ring (bicyclic) bond motifs is 2. The summed E-state index contributed by atoms with van der Waals surface area (Å²) in [6, 6.07) is 11.5. The van der Waals surface area contributed by atoms with Crippen LogP contribution in [0.3, 0.4) is 0 Å². The fraction of sp³-hybridized carbons (Fsp3) is 0.296. The summed E-state index contributed by atoms with van der Waals surface area (Å²) < 4.78 is 10.6. The number of piperidine rings is 1. The second-order valence-electron chi connectivity index (χ2n) is 9.41. The number of hydrogen-bond donors (Lipinski definition) is 1. The molecule has 4 aromatic heterocycles. The van der Waals surface area contributed by atoms with E-state index in [0.29, 0.717) is 35.2 Å². The highest BCUT2D eigenvalue weighted by Crippen LogP contribution is 2.26. The van der Waals surface area contributed by atoms with Gasteiger partial charge >= 0.3 is 0 Å². The third-order valence-electron chi connectivity index (χ3n) is 6.61. The summed E-state index contributed by atoms with van der Waals surface area (Å²) in [6.45, 7) is 8.10. The number of anilines is 2. The van der Waals surface area contributed by atoms with Crippen molar-refractivity contribution in [1.82, 2.24) is 34.2 Å². The Labute approximate surface area is 223 Å². The summed E-state index contributed by atoms with van der Waals surface area (Å²) in [7, 11) is 2.12. The first-order valence-corrected chi connectivity index (χ1v) is 13.4. The van der Waals surface area contributed by atoms with Crippen molar-refractivity contribution >= 4 is 44.2 Å². The zero-order valence-electron chi connectivity index (χ0n) is 21.3. The van der Waals surface area contributed by atoms with E-state index in [0.717, 1.165) is 46.8 Å². The highest BCUT2D eigenvalue weighted by atomic mass is 32.1. The van der Waals surface area contributed by atoms with Crippen LogP contribution in [0.2, 0.25) is 0 Å². The maximum atomic E-state index is 13.3. The molecule has 1 fully saturated rings. The van der Waals surface area contributed by atoms with E-state index in [1.165, 1.54) is 0 Å². The van der Waals surface area contributed by atoms with Crippen molar-refractivity contribution in [2.24, 2.45) is 0 Å². The van der Waals surface area contributed by atoms with Crippen LogP contribution in [0.25, 0.3) is 27.1 Å². The Morgan fingerprint density at radius 3 is 2.84 bits per heavy atom. The number of hydrogen-bond acceptors (Lipinski definition) is 9. The number of rotatable bonds is 7. The van der Waals surface area contributed by atoms with Crippen LogP contribution >= 0.6 is 11.3 Å². The van der Waals surface area contributed by atoms with E-state index in [1.807, 2.05) is 43.3 Å². The minimum atomic E-state index is -0.212. The molecule has 0 unspecified atom stereocenters. The van der Waals surface area contributed by atoms with Gasteiger partial charge in [-0.1, -0.05) is 12.1 Å². The van der Waals surface area contributed by atoms with Crippen LogP contribution < -0.4 is 15.6 Å². The molecule has 1 aliphatic heterocycles. The molecule has 5 heterocycles. The lowest BCUT2D eigenvalue weighted by Gasteiger charge is -2.29. The molecular formula is C27H28N8O2S. The fourth-order valence-electron chi connectivity index (χ4n) is 4.72. The normalized spacial score (nSPS) is 14.8. The van der Waals surface area contributed by atoms with E-state index in [4.69, 9.17) is 14.7 Å². The van der Waals surface area contributed by atoms with Crippen molar-refractivity contribution in [3.63, 3.8) is 0 Å². The van der Waals surface area contributed by atoms with Crippen LogP contribution in [-0.4, -0.2) is 60.4 Å². The van der Waals surface area contributed by atoms with Gasteiger partial charge < -0.3 is 15.0 Å². The van der Waals surface area contributed by atoms with E-state index >= 15 is 0 Å². The van der Waals surface area contributed by atoms with Crippen molar-refractivity contribution in [1.29, 1.82) is 0 Å². The predicted octanol–water partition coefficient (Wildman–Crippen LogP) is 4.30. The lowest BCUT2D eigenvalue weighted by molar-refractivity contribution is 0.110. The van der Waals surface area contributed by atoms with E-state index < -0.39 is 0 Å². The van der Waals surface area contributed by atoms with Gasteiger partial charge in [0.25, 0.3) is 5.56 Å². The SMILES string of the molecule is C=CCn1c(=O)c2cnc(Nc3ccc4nc(C)sc4c3)nc2n1-c1cccc(OC2CCN(C)CC2)n1. The maximum Gasteiger partial charge on any atom is 0.278 e. The lowest BCUT2D eigenvalue weighted by atomic mass is 10.1. The quantitative estimate of drug-likeness (QED) is 0.312. The summed E-state index contributed by atoms with van der Waals surface area (Å²) in [5, 5.41) is 4.68. The summed E-state index contributed by atoms with van der Waals surface area (Å²) in [5.41, 5.74) is 2.04. The second-order valence-corrected chi connectivity index (χ2v) is 10.6. The minimum Gasteiger partial charge on any atom is -0.474 e. The molecule has 0 amide bonds. The lowest BCUT2D eigenvalue weighted by Crippen LogP contribution is -2.35. The first-order chi connectivity index (χ1) is 18.5. The molecule has 0 radical (unpaired) electrons. The van der Waals surface area contributed by atoms with Crippen molar-refractivity contribution < 1.29 is 4.74 Å². The topological polar surface area (TPSA) is 103 Å². The third-order valence-corrected chi connectivity index (χ3v) is 7.54. The number of likely N-dealkylation sites (tertiary alicyclic amines) is 1. The molecule has 0 bridgehead atoms. The first kappa shape index (κ1) is 24.3. The molecule has 38 heavy (non-hydrogen) atoms. The molecule has 5 aromatic rings. The molecule has 11 heteroatoms. The van der Waals surface area contributed by atoms with Gasteiger partial charge in [0.2, 0.25) is 11.8 Å². The standard InChI is InChI=1S/C27H28N8O2S/c1-4-12-34-26(36)20-16-28-27(30-18-8-9-21-22(15-18)38-17(2)29-21)32-25(20)35(34)23-6-5-7-24(31-23)37-19-10-13-33(3)14-11-19/h4-9,15-16,19H,1,10-14H2,2-3H3,(H,28,30,32). The number of benzene rings is 1. The third kappa shape index (κ3) is 4.66. The number of ether oxygens (including phenoxy) is 1. The maximum absolute atomic E-state index is 13.3. The molecule has 6 rings (SSSR count). The highest BCUT2D eigenvalue weighted by molar-refractivity contribution is 7.18. The van der Waals surface area contributed by atoms with Crippen LogP contribution in [-0.2, 0) is 6.54 Å². The van der Waals surface area contributed by atoms with Gasteiger partial charge in [0, 0.05) is 31.0 Å². The van der Waals surface area contributed by atoms with E-state index in [9.17, 15) is 4.79 Å². The summed E-state index contributed by atoms with van der Waals surface area (Å²) in [6.07, 6.45) is 5.24. The van der Waals surface area contributed by atoms with Crippen molar-refractivity contribution in [2.75, 3.05) is 25.5 Å². The number of aromatic nitrogens is 6. The largest absolute Gasteiger partial charge is 0.474 e. The van der Waals surface area contributed by atoms with Crippen LogP contribution in [0.5, 0.6) is 5.88 Å². The van der Waals surface area contributed by atoms with Gasteiger partial charge in [-0.2, -0.15) is 9.97 Å². The molecule has 1 aromatic carbocycles. The molecular weight excluding hydrogens is 500 g/mol. The van der Waals surface area contributed by atoms with Crippen LogP contribution in [0.15, 0.2) is 60.0 Å². The molecule has 1 aliphatic rings. The zero-order chi connectivity index (χ0) is 26.2. The molecule has 1 saturated heterocycles. The van der Waals surface area contributed by atoms with Gasteiger partial charge in [-0.05, 0) is 51.1 Å². The minimum absolute atomic E-state index is 0.114. The molecule has 0 spiro atoms. The molecule has 0 saturated carbocycles. The number of nitrogens with zero attached hydrogens (tertiary/aromatic N) is 7. The molecule has 1 N–H and O–H groups in total. The average molecular weight is 529 g/mol. The van der Waals surface area contributed by atoms with Gasteiger partial charge in [0.1, 0.15) is 11.5 Å². The van der Waals surface area contributed by atoms with Gasteiger partial charge in [-0.25, -0.2) is 19.3 Å². The Kier molecular flexibility index (Phi) is 6.38. The van der Waals surface area contributed by atoms with Crippen molar-refractivity contribution in [2.45, 2.75) is 32.4 Å². The highest BCUT2D eigenvalue weighted by Gasteiger charge is 2.21. The Morgan fingerprint density at radius 1 is 1.18 bits per heavy atom. The molecule has 10 nitrogen and oxygen atoms in total.